The Kier molecular flexibility index (Phi) is 28.7. The molecule has 69 heavy (non-hydrogen) atoms. The second-order valence-electron chi connectivity index (χ2n) is 15.7. The second-order valence-corrected chi connectivity index (χ2v) is 26.1. The third-order valence-corrected chi connectivity index (χ3v) is 22.6. The minimum atomic E-state index is -6.00. The molecule has 4 nitrogen and oxygen atoms in total. The molecule has 0 saturated carbocycles. The first kappa shape index (κ1) is 60.8. The third kappa shape index (κ3) is 25.4. The fraction of sp³-hybridized carbons (Fsp3) is 0.240. The Bertz CT molecular complexity index is 2090. The summed E-state index contributed by atoms with van der Waals surface area (Å²) in [6.07, 6.45) is 10.4. The predicted octanol–water partition coefficient (Wildman–Crippen LogP) is 13.3. The Balaban J connectivity index is 0.000000358. The molecular weight excluding hydrogens is 1010 g/mol. The molecule has 0 radical (unpaired) electrons. The summed E-state index contributed by atoms with van der Waals surface area (Å²) in [5, 5.41) is 21.0. The van der Waals surface area contributed by atoms with Crippen LogP contribution in [0.1, 0.15) is 25.0 Å². The van der Waals surface area contributed by atoms with Crippen LogP contribution in [-0.4, -0.2) is 64.3 Å². The quantitative estimate of drug-likeness (QED) is 0.0947. The molecule has 0 aromatic heterocycles. The van der Waals surface area contributed by atoms with Gasteiger partial charge >= 0.3 is 31.0 Å². The minimum Gasteiger partial charge on any atom is -0.418 e. The van der Waals surface area contributed by atoms with Crippen LogP contribution in [0.4, 0.5) is 45.9 Å². The van der Waals surface area contributed by atoms with Gasteiger partial charge in [-0.2, -0.15) is 10.5 Å². The molecule has 4 atom stereocenters. The normalized spacial score (nSPS) is 17.5. The molecule has 2 saturated heterocycles. The van der Waals surface area contributed by atoms with E-state index in [-0.39, 0.29) is 16.5 Å². The molecular formula is C50H60B2F8N4NiP4+4. The van der Waals surface area contributed by atoms with Crippen LogP contribution in [0.15, 0.2) is 170 Å². The van der Waals surface area contributed by atoms with Crippen molar-refractivity contribution in [1.82, 2.24) is 0 Å². The monoisotopic (exact) mass is 1070 g/mol. The van der Waals surface area contributed by atoms with E-state index in [4.69, 9.17) is 10.5 Å². The Morgan fingerprint density at radius 3 is 0.725 bits per heavy atom. The number of rotatable bonds is 6. The molecule has 0 spiro atoms. The van der Waals surface area contributed by atoms with Crippen molar-refractivity contribution in [3.63, 3.8) is 0 Å². The van der Waals surface area contributed by atoms with Gasteiger partial charge in [-0.25, -0.2) is 0 Å². The van der Waals surface area contributed by atoms with E-state index in [0.29, 0.717) is 0 Å². The van der Waals surface area contributed by atoms with Gasteiger partial charge in [-0.15, -0.1) is 0 Å². The number of nitrogens with zero attached hydrogens (tertiary/aromatic N) is 4. The van der Waals surface area contributed by atoms with Gasteiger partial charge in [0.1, 0.15) is 25.1 Å². The van der Waals surface area contributed by atoms with Crippen molar-refractivity contribution in [2.45, 2.75) is 27.7 Å². The molecule has 6 aromatic carbocycles. The Labute approximate surface area is 418 Å². The molecule has 2 aliphatic heterocycles. The van der Waals surface area contributed by atoms with E-state index in [1.54, 1.807) is 33.4 Å². The topological polar surface area (TPSA) is 54.1 Å². The number of aryl methyl sites for hydroxylation is 2. The summed E-state index contributed by atoms with van der Waals surface area (Å²) in [4.78, 5) is 5.38. The molecule has 8 rings (SSSR count). The number of benzene rings is 6. The maximum Gasteiger partial charge on any atom is 2.00 e. The second kappa shape index (κ2) is 32.5. The van der Waals surface area contributed by atoms with Crippen LogP contribution in [0.25, 0.3) is 0 Å². The van der Waals surface area contributed by atoms with Gasteiger partial charge in [-0.05, 0) is 86.6 Å². The largest absolute Gasteiger partial charge is 2.00 e. The smallest absolute Gasteiger partial charge is 0.418 e. The number of anilines is 2. The average molecular weight is 1070 g/mol. The van der Waals surface area contributed by atoms with Gasteiger partial charge in [0.2, 0.25) is 0 Å². The Morgan fingerprint density at radius 2 is 0.551 bits per heavy atom. The maximum atomic E-state index is 9.75. The van der Waals surface area contributed by atoms with Gasteiger partial charge in [-0.3, -0.25) is 0 Å². The summed E-state index contributed by atoms with van der Waals surface area (Å²) < 4.78 is 78.0. The standard InChI is InChI=1S/2C23H25NP2.2C2H3N.2BF4.Ni/c2*1-20-12-14-21(15-13-20)24-18-25(22-8-4-2-5-9-22)16-17-26(19-24)23-10-6-3-7-11-23;2*1-2-3;2*2-1(3,4)5;/h2*2-15H,16-19H2,1H3;2*1H3;;;/q;;;;2*-1;+2/p+4. The fourth-order valence-electron chi connectivity index (χ4n) is 7.47. The van der Waals surface area contributed by atoms with Crippen LogP contribution in [0.2, 0.25) is 0 Å². The average Bonchev–Trinajstić information content (AvgIpc) is 3.69. The van der Waals surface area contributed by atoms with E-state index in [1.165, 1.54) is 86.1 Å². The first-order valence-corrected chi connectivity index (χ1v) is 29.7. The summed E-state index contributed by atoms with van der Waals surface area (Å²) in [5.74, 6) is 0. The van der Waals surface area contributed by atoms with Crippen molar-refractivity contribution < 1.29 is 51.0 Å². The number of hydrogen-bond acceptors (Lipinski definition) is 4. The molecule has 0 aliphatic carbocycles. The zero-order chi connectivity index (χ0) is 50.0. The van der Waals surface area contributed by atoms with Gasteiger partial charge in [0.05, 0.1) is 89.7 Å². The third-order valence-electron chi connectivity index (χ3n) is 10.5. The summed E-state index contributed by atoms with van der Waals surface area (Å²) in [6, 6.07) is 66.8. The van der Waals surface area contributed by atoms with Crippen LogP contribution >= 0.6 is 31.7 Å². The van der Waals surface area contributed by atoms with E-state index in [9.17, 15) is 34.5 Å². The molecule has 19 heteroatoms. The molecule has 2 fully saturated rings. The molecule has 2 heterocycles. The molecule has 0 N–H and O–H groups in total. The van der Waals surface area contributed by atoms with Crippen molar-refractivity contribution in [1.29, 1.82) is 10.5 Å². The first-order chi connectivity index (χ1) is 32.4. The minimum absolute atomic E-state index is 0. The summed E-state index contributed by atoms with van der Waals surface area (Å²) in [6.45, 7) is 7.20. The maximum absolute atomic E-state index is 9.75. The van der Waals surface area contributed by atoms with E-state index in [2.05, 4.69) is 194 Å². The van der Waals surface area contributed by atoms with Crippen LogP contribution < -0.4 is 31.0 Å². The summed E-state index contributed by atoms with van der Waals surface area (Å²) in [7, 11) is -14.2. The number of halogens is 8. The molecule has 0 amide bonds. The van der Waals surface area contributed by atoms with Crippen molar-refractivity contribution in [2.24, 2.45) is 0 Å². The van der Waals surface area contributed by atoms with Crippen molar-refractivity contribution in [3.8, 4) is 12.1 Å². The summed E-state index contributed by atoms with van der Waals surface area (Å²) >= 11 is 0. The molecule has 368 valence electrons. The van der Waals surface area contributed by atoms with E-state index >= 15 is 0 Å². The Morgan fingerprint density at radius 1 is 0.377 bits per heavy atom. The predicted molar refractivity (Wildman–Crippen MR) is 287 cm³/mol. The van der Waals surface area contributed by atoms with Gasteiger partial charge < -0.3 is 44.3 Å². The Hall–Kier alpha value is -4.32. The van der Waals surface area contributed by atoms with Crippen molar-refractivity contribution >= 4 is 78.8 Å². The van der Waals surface area contributed by atoms with Crippen molar-refractivity contribution in [3.05, 3.63) is 181 Å². The molecule has 6 aromatic rings. The summed E-state index contributed by atoms with van der Waals surface area (Å²) in [5.41, 5.74) is 5.47. The van der Waals surface area contributed by atoms with E-state index in [0.717, 1.165) is 0 Å². The fourth-order valence-corrected chi connectivity index (χ4v) is 20.9. The van der Waals surface area contributed by atoms with Gasteiger partial charge in [0, 0.05) is 25.2 Å². The molecule has 4 unspecified atom stereocenters. The molecule has 2 aliphatic rings. The van der Waals surface area contributed by atoms with Crippen molar-refractivity contribution in [2.75, 3.05) is 59.6 Å². The van der Waals surface area contributed by atoms with Crippen LogP contribution in [-0.2, 0) is 16.5 Å². The van der Waals surface area contributed by atoms with E-state index in [1.807, 2.05) is 0 Å². The van der Waals surface area contributed by atoms with Gasteiger partial charge in [0.15, 0.2) is 0 Å². The van der Waals surface area contributed by atoms with Gasteiger partial charge in [0.25, 0.3) is 0 Å². The van der Waals surface area contributed by atoms with Gasteiger partial charge in [-0.1, -0.05) is 108 Å². The zero-order valence-corrected chi connectivity index (χ0v) is 44.1. The number of hydrogen-bond donors (Lipinski definition) is 0. The van der Waals surface area contributed by atoms with Crippen LogP contribution in [0.3, 0.4) is 0 Å². The van der Waals surface area contributed by atoms with Crippen LogP contribution in [0, 0.1) is 36.5 Å². The zero-order valence-electron chi connectivity index (χ0n) is 39.1. The van der Waals surface area contributed by atoms with Crippen LogP contribution in [0.5, 0.6) is 0 Å². The number of nitriles is 2. The first-order valence-electron chi connectivity index (χ1n) is 22.0. The SMILES string of the molecule is CC#N.CC#N.Cc1ccc(N2C[PH+](c3ccccc3)CC[PH+](c3ccccc3)C2)cc1.Cc1ccc(N2C[PH+](c3ccccc3)CC[PH+](c3ccccc3)C2)cc1.F[B-](F)(F)F.F[B-](F)(F)F.[Ni+2]. The molecule has 0 bridgehead atoms. The van der Waals surface area contributed by atoms with E-state index < -0.39 is 46.2 Å².